The number of furan rings is 1. The van der Waals surface area contributed by atoms with E-state index < -0.39 is 5.60 Å². The van der Waals surface area contributed by atoms with Crippen LogP contribution in [0.2, 0.25) is 0 Å². The molecule has 0 bridgehead atoms. The molecule has 0 aliphatic carbocycles. The van der Waals surface area contributed by atoms with Crippen LogP contribution in [0.1, 0.15) is 45.7 Å². The maximum absolute atomic E-state index is 12.6. The zero-order chi connectivity index (χ0) is 24.4. The van der Waals surface area contributed by atoms with Crippen molar-refractivity contribution in [1.82, 2.24) is 10.2 Å². The van der Waals surface area contributed by atoms with E-state index in [1.807, 2.05) is 18.2 Å². The number of likely N-dealkylation sites (tertiary alicyclic amines) is 1. The summed E-state index contributed by atoms with van der Waals surface area (Å²) in [7, 11) is 0. The van der Waals surface area contributed by atoms with Crippen molar-refractivity contribution >= 4 is 16.9 Å². The molecular formula is C28H34N2O5. The van der Waals surface area contributed by atoms with Crippen LogP contribution >= 0.6 is 0 Å². The molecule has 3 heterocycles. The van der Waals surface area contributed by atoms with Gasteiger partial charge in [0.05, 0.1) is 31.5 Å². The Bertz CT molecular complexity index is 1190. The third kappa shape index (κ3) is 5.43. The summed E-state index contributed by atoms with van der Waals surface area (Å²) in [5.74, 6) is -0.0282. The maximum atomic E-state index is 12.6. The molecule has 1 amide bonds. The zero-order valence-electron chi connectivity index (χ0n) is 20.5. The Labute approximate surface area is 206 Å². The summed E-state index contributed by atoms with van der Waals surface area (Å²) in [5.41, 5.74) is 4.55. The molecular weight excluding hydrogens is 444 g/mol. The smallest absolute Gasteiger partial charge is 0.287 e. The summed E-state index contributed by atoms with van der Waals surface area (Å²) < 4.78 is 16.7. The van der Waals surface area contributed by atoms with E-state index in [0.29, 0.717) is 44.8 Å². The van der Waals surface area contributed by atoms with E-state index in [0.717, 1.165) is 30.6 Å². The van der Waals surface area contributed by atoms with Crippen LogP contribution in [-0.2, 0) is 21.6 Å². The molecule has 0 spiro atoms. The number of benzene rings is 2. The van der Waals surface area contributed by atoms with E-state index in [9.17, 15) is 9.90 Å². The highest BCUT2D eigenvalue weighted by Gasteiger charge is 2.34. The van der Waals surface area contributed by atoms with Gasteiger partial charge >= 0.3 is 0 Å². The van der Waals surface area contributed by atoms with E-state index in [1.165, 1.54) is 16.7 Å². The number of carbonyl (C=O) groups excluding carboxylic acids is 1. The zero-order valence-corrected chi connectivity index (χ0v) is 20.5. The van der Waals surface area contributed by atoms with E-state index in [1.54, 1.807) is 6.07 Å². The van der Waals surface area contributed by atoms with Gasteiger partial charge in [0.2, 0.25) is 0 Å². The van der Waals surface area contributed by atoms with Crippen LogP contribution in [0.3, 0.4) is 0 Å². The summed E-state index contributed by atoms with van der Waals surface area (Å²) >= 11 is 0. The highest BCUT2D eigenvalue weighted by Crippen LogP contribution is 2.35. The van der Waals surface area contributed by atoms with Gasteiger partial charge in [0.15, 0.2) is 5.76 Å². The molecule has 3 aromatic rings. The van der Waals surface area contributed by atoms with Crippen LogP contribution in [0, 0.1) is 13.8 Å². The van der Waals surface area contributed by atoms with Gasteiger partial charge in [-0.1, -0.05) is 29.8 Å². The summed E-state index contributed by atoms with van der Waals surface area (Å²) in [6.07, 6.45) is 1.19. The summed E-state index contributed by atoms with van der Waals surface area (Å²) in [6.45, 7) is 8.82. The summed E-state index contributed by atoms with van der Waals surface area (Å²) in [6, 6.07) is 14.0. The van der Waals surface area contributed by atoms with E-state index in [4.69, 9.17) is 13.9 Å². The van der Waals surface area contributed by atoms with E-state index >= 15 is 0 Å². The molecule has 0 saturated carbocycles. The Hall–Kier alpha value is -2.71. The number of carbonyl (C=O) groups is 1. The molecule has 5 rings (SSSR count). The SMILES string of the molecule is Cc1ccc(C)c(CN2CCC(O)(c3ccc4oc(C(=O)NC[C@H]5COCCO5)cc4c3)CC2)c1. The van der Waals surface area contributed by atoms with E-state index in [-0.39, 0.29) is 17.8 Å². The summed E-state index contributed by atoms with van der Waals surface area (Å²) in [5, 5.41) is 15.1. The van der Waals surface area contributed by atoms with Crippen molar-refractivity contribution in [3.05, 3.63) is 70.5 Å². The van der Waals surface area contributed by atoms with Crippen LogP contribution < -0.4 is 5.32 Å². The first-order valence-electron chi connectivity index (χ1n) is 12.4. The number of aryl methyl sites for hydroxylation is 2. The molecule has 1 atom stereocenters. The maximum Gasteiger partial charge on any atom is 0.287 e. The van der Waals surface area contributed by atoms with Crippen LogP contribution in [0.15, 0.2) is 46.9 Å². The molecule has 2 saturated heterocycles. The van der Waals surface area contributed by atoms with Crippen molar-refractivity contribution < 1.29 is 23.8 Å². The normalized spacial score (nSPS) is 20.7. The van der Waals surface area contributed by atoms with Crippen LogP contribution in [0.4, 0.5) is 0 Å². The topological polar surface area (TPSA) is 84.2 Å². The van der Waals surface area contributed by atoms with Crippen molar-refractivity contribution in [3.63, 3.8) is 0 Å². The average molecular weight is 479 g/mol. The molecule has 2 aromatic carbocycles. The lowest BCUT2D eigenvalue weighted by Gasteiger charge is -2.38. The molecule has 2 N–H and O–H groups in total. The highest BCUT2D eigenvalue weighted by atomic mass is 16.6. The molecule has 2 aliphatic rings. The first-order valence-corrected chi connectivity index (χ1v) is 12.4. The monoisotopic (exact) mass is 478 g/mol. The highest BCUT2D eigenvalue weighted by molar-refractivity contribution is 5.96. The van der Waals surface area contributed by atoms with Gasteiger partial charge in [-0.05, 0) is 61.6 Å². The largest absolute Gasteiger partial charge is 0.451 e. The number of rotatable bonds is 6. The molecule has 7 heteroatoms. The molecule has 0 unspecified atom stereocenters. The van der Waals surface area contributed by atoms with Crippen molar-refractivity contribution in [2.24, 2.45) is 0 Å². The number of aliphatic hydroxyl groups is 1. The molecule has 1 aromatic heterocycles. The van der Waals surface area contributed by atoms with Crippen molar-refractivity contribution in [2.45, 2.75) is 44.9 Å². The van der Waals surface area contributed by atoms with Gasteiger partial charge in [0, 0.05) is 31.6 Å². The minimum Gasteiger partial charge on any atom is -0.451 e. The Kier molecular flexibility index (Phi) is 6.93. The first kappa shape index (κ1) is 24.0. The Morgan fingerprint density at radius 3 is 2.71 bits per heavy atom. The number of amides is 1. The molecule has 2 aliphatic heterocycles. The number of hydrogen-bond acceptors (Lipinski definition) is 6. The van der Waals surface area contributed by atoms with Crippen molar-refractivity contribution in [1.29, 1.82) is 0 Å². The van der Waals surface area contributed by atoms with Gasteiger partial charge in [-0.15, -0.1) is 0 Å². The van der Waals surface area contributed by atoms with Crippen LogP contribution in [0.25, 0.3) is 11.0 Å². The predicted molar refractivity (Wildman–Crippen MR) is 133 cm³/mol. The fourth-order valence-corrected chi connectivity index (χ4v) is 4.97. The Morgan fingerprint density at radius 2 is 1.94 bits per heavy atom. The first-order chi connectivity index (χ1) is 16.9. The lowest BCUT2D eigenvalue weighted by molar-refractivity contribution is -0.0856. The lowest BCUT2D eigenvalue weighted by Crippen LogP contribution is -2.42. The third-order valence-corrected chi connectivity index (χ3v) is 7.23. The predicted octanol–water partition coefficient (Wildman–Crippen LogP) is 3.68. The van der Waals surface area contributed by atoms with Crippen LogP contribution in [-0.4, -0.2) is 61.5 Å². The van der Waals surface area contributed by atoms with Gasteiger partial charge in [-0.2, -0.15) is 0 Å². The number of piperidine rings is 1. The standard InChI is InChI=1S/C28H34N2O5/c1-19-3-4-20(2)22(13-19)17-30-9-7-28(32,8-10-30)23-5-6-25-21(14-23)15-26(35-25)27(31)29-16-24-18-33-11-12-34-24/h3-6,13-15,24,32H,7-12,16-18H2,1-2H3,(H,29,31)/t24-/m0/s1. The minimum atomic E-state index is -0.885. The Balaban J connectivity index is 1.22. The molecule has 7 nitrogen and oxygen atoms in total. The number of hydrogen-bond donors (Lipinski definition) is 2. The molecule has 2 fully saturated rings. The molecule has 35 heavy (non-hydrogen) atoms. The number of nitrogens with one attached hydrogen (secondary N) is 1. The minimum absolute atomic E-state index is 0.140. The van der Waals surface area contributed by atoms with Gasteiger partial charge < -0.3 is 24.3 Å². The van der Waals surface area contributed by atoms with Crippen molar-refractivity contribution in [3.8, 4) is 0 Å². The average Bonchev–Trinajstić information content (AvgIpc) is 3.31. The molecule has 186 valence electrons. The van der Waals surface area contributed by atoms with Gasteiger partial charge in [-0.25, -0.2) is 0 Å². The summed E-state index contributed by atoms with van der Waals surface area (Å²) in [4.78, 5) is 15.0. The lowest BCUT2D eigenvalue weighted by atomic mass is 9.84. The Morgan fingerprint density at radius 1 is 1.11 bits per heavy atom. The van der Waals surface area contributed by atoms with Crippen molar-refractivity contribution in [2.75, 3.05) is 39.5 Å². The number of nitrogens with zero attached hydrogens (tertiary/aromatic N) is 1. The second kappa shape index (κ2) is 10.1. The second-order valence-electron chi connectivity index (χ2n) is 9.88. The van der Waals surface area contributed by atoms with Gasteiger partial charge in [-0.3, -0.25) is 9.69 Å². The second-order valence-corrected chi connectivity index (χ2v) is 9.88. The number of ether oxygens (including phenoxy) is 2. The van der Waals surface area contributed by atoms with E-state index in [2.05, 4.69) is 42.3 Å². The molecule has 0 radical (unpaired) electrons. The van der Waals surface area contributed by atoms with Gasteiger partial charge in [0.25, 0.3) is 5.91 Å². The fourth-order valence-electron chi connectivity index (χ4n) is 4.97. The van der Waals surface area contributed by atoms with Crippen LogP contribution in [0.5, 0.6) is 0 Å². The third-order valence-electron chi connectivity index (χ3n) is 7.23. The number of fused-ring (bicyclic) bond motifs is 1. The van der Waals surface area contributed by atoms with Gasteiger partial charge in [0.1, 0.15) is 5.58 Å². The fraction of sp³-hybridized carbons (Fsp3) is 0.464. The quantitative estimate of drug-likeness (QED) is 0.562.